The molecule has 0 bridgehead atoms. The smallest absolute Gasteiger partial charge is 0.118 e. The molecule has 0 aromatic heterocycles. The second kappa shape index (κ2) is 6.66. The molecule has 0 heterocycles. The van der Waals surface area contributed by atoms with E-state index in [2.05, 4.69) is 10.3 Å². The average Bonchev–Trinajstić information content (AvgIpc) is 2.10. The Balaban J connectivity index is 4.65. The molecule has 0 aliphatic rings. The average molecular weight is 240 g/mol. The first-order valence-corrected chi connectivity index (χ1v) is 6.99. The molecule has 0 spiro atoms. The Labute approximate surface area is 86.6 Å². The second-order valence-electron chi connectivity index (χ2n) is 2.53. The molecule has 0 radical (unpaired) electrons. The highest BCUT2D eigenvalue weighted by Gasteiger charge is 2.14. The van der Waals surface area contributed by atoms with Crippen LogP contribution < -0.4 is 0 Å². The molecule has 0 rings (SSSR count). The molecule has 0 saturated heterocycles. The summed E-state index contributed by atoms with van der Waals surface area (Å²) in [5.74, 6) is -0.0693. The zero-order valence-corrected chi connectivity index (χ0v) is 9.47. The number of hydrogen-bond acceptors (Lipinski definition) is 6. The van der Waals surface area contributed by atoms with Crippen LogP contribution in [0.1, 0.15) is 0 Å². The minimum atomic E-state index is -1.21. The third-order valence-electron chi connectivity index (χ3n) is 1.25. The van der Waals surface area contributed by atoms with Crippen LogP contribution in [0.3, 0.4) is 0 Å². The SMILES string of the molecule is CS(=O)CC(=N\O)/C(CS(C)=O)=N\O. The van der Waals surface area contributed by atoms with Crippen molar-refractivity contribution in [1.29, 1.82) is 0 Å². The molecule has 14 heavy (non-hydrogen) atoms. The van der Waals surface area contributed by atoms with Gasteiger partial charge in [0, 0.05) is 34.1 Å². The van der Waals surface area contributed by atoms with Gasteiger partial charge in [-0.25, -0.2) is 0 Å². The highest BCUT2D eigenvalue weighted by Crippen LogP contribution is 1.91. The Morgan fingerprint density at radius 3 is 1.43 bits per heavy atom. The van der Waals surface area contributed by atoms with Crippen molar-refractivity contribution in [3.63, 3.8) is 0 Å². The number of oxime groups is 2. The van der Waals surface area contributed by atoms with Crippen LogP contribution >= 0.6 is 0 Å². The third-order valence-corrected chi connectivity index (χ3v) is 2.61. The Hall–Kier alpha value is -0.760. The molecular weight excluding hydrogens is 228 g/mol. The van der Waals surface area contributed by atoms with Crippen LogP contribution in [0.25, 0.3) is 0 Å². The lowest BCUT2D eigenvalue weighted by Crippen LogP contribution is -2.26. The molecular formula is C6H12N2O4S2. The van der Waals surface area contributed by atoms with Gasteiger partial charge in [0.15, 0.2) is 0 Å². The van der Waals surface area contributed by atoms with Gasteiger partial charge in [-0.3, -0.25) is 8.42 Å². The fourth-order valence-electron chi connectivity index (χ4n) is 0.725. The Morgan fingerprint density at radius 2 is 1.29 bits per heavy atom. The van der Waals surface area contributed by atoms with Crippen molar-refractivity contribution in [3.8, 4) is 0 Å². The van der Waals surface area contributed by atoms with Crippen LogP contribution in [0.4, 0.5) is 0 Å². The molecule has 0 amide bonds. The number of rotatable bonds is 5. The van der Waals surface area contributed by atoms with Gasteiger partial charge in [-0.15, -0.1) is 0 Å². The van der Waals surface area contributed by atoms with E-state index in [0.29, 0.717) is 0 Å². The van der Waals surface area contributed by atoms with Gasteiger partial charge in [0.05, 0.1) is 11.5 Å². The van der Waals surface area contributed by atoms with Crippen molar-refractivity contribution in [3.05, 3.63) is 0 Å². The summed E-state index contributed by atoms with van der Waals surface area (Å²) in [6.45, 7) is 0. The van der Waals surface area contributed by atoms with Crippen molar-refractivity contribution < 1.29 is 18.8 Å². The van der Waals surface area contributed by atoms with E-state index in [4.69, 9.17) is 10.4 Å². The maximum atomic E-state index is 10.8. The van der Waals surface area contributed by atoms with Gasteiger partial charge < -0.3 is 10.4 Å². The minimum Gasteiger partial charge on any atom is -0.411 e. The first kappa shape index (κ1) is 13.2. The quantitative estimate of drug-likeness (QED) is 0.381. The molecule has 0 saturated carbocycles. The van der Waals surface area contributed by atoms with E-state index >= 15 is 0 Å². The van der Waals surface area contributed by atoms with Crippen molar-refractivity contribution in [2.75, 3.05) is 24.0 Å². The van der Waals surface area contributed by atoms with Crippen molar-refractivity contribution in [2.45, 2.75) is 0 Å². The van der Waals surface area contributed by atoms with Crippen LogP contribution in [0, 0.1) is 0 Å². The van der Waals surface area contributed by atoms with E-state index in [1.54, 1.807) is 0 Å². The normalized spacial score (nSPS) is 17.9. The zero-order chi connectivity index (χ0) is 11.1. The highest BCUT2D eigenvalue weighted by atomic mass is 32.2. The predicted octanol–water partition coefficient (Wildman–Crippen LogP) is -0.596. The fraction of sp³-hybridized carbons (Fsp3) is 0.667. The van der Waals surface area contributed by atoms with Gasteiger partial charge in [0.25, 0.3) is 0 Å². The lowest BCUT2D eigenvalue weighted by Gasteiger charge is -2.02. The first-order valence-electron chi connectivity index (χ1n) is 3.53. The lowest BCUT2D eigenvalue weighted by atomic mass is 10.3. The molecule has 0 fully saturated rings. The number of nitrogens with zero attached hydrogens (tertiary/aromatic N) is 2. The summed E-state index contributed by atoms with van der Waals surface area (Å²) in [7, 11) is -2.43. The van der Waals surface area contributed by atoms with Crippen LogP contribution in [0.15, 0.2) is 10.3 Å². The van der Waals surface area contributed by atoms with Gasteiger partial charge >= 0.3 is 0 Å². The van der Waals surface area contributed by atoms with Crippen LogP contribution in [0.5, 0.6) is 0 Å². The summed E-state index contributed by atoms with van der Waals surface area (Å²) in [6.07, 6.45) is 2.84. The van der Waals surface area contributed by atoms with E-state index in [0.717, 1.165) is 0 Å². The van der Waals surface area contributed by atoms with Crippen LogP contribution in [0.2, 0.25) is 0 Å². The zero-order valence-electron chi connectivity index (χ0n) is 7.84. The first-order chi connectivity index (χ1) is 6.51. The maximum absolute atomic E-state index is 10.8. The molecule has 0 aromatic carbocycles. The molecule has 0 aromatic rings. The topological polar surface area (TPSA) is 99.3 Å². The van der Waals surface area contributed by atoms with Gasteiger partial charge in [0.1, 0.15) is 11.4 Å². The molecule has 6 nitrogen and oxygen atoms in total. The predicted molar refractivity (Wildman–Crippen MR) is 56.3 cm³/mol. The Bertz CT molecular complexity index is 270. The largest absolute Gasteiger partial charge is 0.411 e. The van der Waals surface area contributed by atoms with Crippen molar-refractivity contribution >= 4 is 33.0 Å². The summed E-state index contributed by atoms with van der Waals surface area (Å²) in [5, 5.41) is 22.8. The fourth-order valence-corrected chi connectivity index (χ4v) is 1.94. The molecule has 2 N–H and O–H groups in total. The Morgan fingerprint density at radius 1 is 1.00 bits per heavy atom. The molecule has 0 aliphatic heterocycles. The summed E-state index contributed by atoms with van der Waals surface area (Å²) < 4.78 is 21.7. The van der Waals surface area contributed by atoms with Gasteiger partial charge in [-0.2, -0.15) is 0 Å². The van der Waals surface area contributed by atoms with Gasteiger partial charge in [-0.1, -0.05) is 10.3 Å². The van der Waals surface area contributed by atoms with E-state index in [-0.39, 0.29) is 22.9 Å². The summed E-state index contributed by atoms with van der Waals surface area (Å²) in [6, 6.07) is 0. The molecule has 82 valence electrons. The van der Waals surface area contributed by atoms with Crippen molar-refractivity contribution in [1.82, 2.24) is 0 Å². The standard InChI is InChI=1S/C6H12N2O4S2/c1-13(11)3-5(7-9)6(8-10)4-14(2)12/h9-10H,3-4H2,1-2H3/b7-5-,8-6+. The minimum absolute atomic E-state index is 0.0106. The van der Waals surface area contributed by atoms with Crippen molar-refractivity contribution in [2.24, 2.45) is 10.3 Å². The van der Waals surface area contributed by atoms with Gasteiger partial charge in [-0.05, 0) is 0 Å². The second-order valence-corrected chi connectivity index (χ2v) is 5.40. The highest BCUT2D eigenvalue weighted by molar-refractivity contribution is 7.86. The Kier molecular flexibility index (Phi) is 6.30. The van der Waals surface area contributed by atoms with Crippen LogP contribution in [-0.2, 0) is 21.6 Å². The molecule has 0 aliphatic carbocycles. The molecule has 2 unspecified atom stereocenters. The van der Waals surface area contributed by atoms with Gasteiger partial charge in [0.2, 0.25) is 0 Å². The van der Waals surface area contributed by atoms with E-state index < -0.39 is 21.6 Å². The monoisotopic (exact) mass is 240 g/mol. The van der Waals surface area contributed by atoms with Crippen LogP contribution in [-0.4, -0.2) is 54.3 Å². The van der Waals surface area contributed by atoms with E-state index in [1.807, 2.05) is 0 Å². The van der Waals surface area contributed by atoms with E-state index in [1.165, 1.54) is 12.5 Å². The summed E-state index contributed by atoms with van der Waals surface area (Å²) >= 11 is 0. The maximum Gasteiger partial charge on any atom is 0.118 e. The summed E-state index contributed by atoms with van der Waals surface area (Å²) in [4.78, 5) is 0. The lowest BCUT2D eigenvalue weighted by molar-refractivity contribution is 0.314. The summed E-state index contributed by atoms with van der Waals surface area (Å²) in [5.41, 5.74) is -0.0212. The number of hydrogen-bond donors (Lipinski definition) is 2. The molecule has 2 atom stereocenters. The van der Waals surface area contributed by atoms with E-state index in [9.17, 15) is 8.42 Å². The molecule has 8 heteroatoms. The third kappa shape index (κ3) is 5.07.